The predicted octanol–water partition coefficient (Wildman–Crippen LogP) is 4.15. The molecule has 0 aromatic carbocycles. The molecule has 0 saturated heterocycles. The first-order valence-electron chi connectivity index (χ1n) is 10.0. The van der Waals surface area contributed by atoms with Crippen LogP contribution < -0.4 is 10.1 Å². The number of nitrogens with zero attached hydrogens (tertiary/aromatic N) is 6. The lowest BCUT2D eigenvalue weighted by Gasteiger charge is -2.17. The van der Waals surface area contributed by atoms with Crippen molar-refractivity contribution in [3.63, 3.8) is 0 Å². The SMILES string of the molecule is CN(C)Cc1cnc(Nc2ncc(-c3ccnc(O[C@H]4CCC(C)(C)C4)n3)s2)nc1. The summed E-state index contributed by atoms with van der Waals surface area (Å²) in [5.41, 5.74) is 2.18. The zero-order valence-electron chi connectivity index (χ0n) is 17.8. The van der Waals surface area contributed by atoms with Crippen molar-refractivity contribution in [3.05, 3.63) is 36.4 Å². The number of hydrogen-bond donors (Lipinski definition) is 1. The van der Waals surface area contributed by atoms with Crippen LogP contribution in [0.15, 0.2) is 30.9 Å². The molecule has 3 aromatic rings. The maximum Gasteiger partial charge on any atom is 0.317 e. The van der Waals surface area contributed by atoms with Gasteiger partial charge < -0.3 is 15.0 Å². The molecule has 1 saturated carbocycles. The van der Waals surface area contributed by atoms with Gasteiger partial charge in [0, 0.05) is 36.9 Å². The van der Waals surface area contributed by atoms with Crippen LogP contribution in [0.4, 0.5) is 11.1 Å². The van der Waals surface area contributed by atoms with E-state index in [1.807, 2.05) is 32.6 Å². The lowest BCUT2D eigenvalue weighted by Crippen LogP contribution is -2.16. The number of ether oxygens (including phenoxy) is 1. The van der Waals surface area contributed by atoms with E-state index in [2.05, 4.69) is 49.0 Å². The Morgan fingerprint density at radius 2 is 1.97 bits per heavy atom. The summed E-state index contributed by atoms with van der Waals surface area (Å²) in [5, 5.41) is 3.87. The largest absolute Gasteiger partial charge is 0.460 e. The van der Waals surface area contributed by atoms with E-state index >= 15 is 0 Å². The highest BCUT2D eigenvalue weighted by atomic mass is 32.1. The van der Waals surface area contributed by atoms with Crippen molar-refractivity contribution >= 4 is 22.4 Å². The zero-order valence-corrected chi connectivity index (χ0v) is 18.6. The minimum absolute atomic E-state index is 0.182. The first-order chi connectivity index (χ1) is 14.4. The van der Waals surface area contributed by atoms with Gasteiger partial charge in [-0.15, -0.1) is 0 Å². The van der Waals surface area contributed by atoms with Gasteiger partial charge in [-0.1, -0.05) is 25.2 Å². The topological polar surface area (TPSA) is 89.0 Å². The Labute approximate surface area is 180 Å². The van der Waals surface area contributed by atoms with Gasteiger partial charge in [0.15, 0.2) is 5.13 Å². The monoisotopic (exact) mass is 425 g/mol. The Morgan fingerprint density at radius 1 is 1.17 bits per heavy atom. The normalized spacial score (nSPS) is 18.0. The molecule has 3 heterocycles. The van der Waals surface area contributed by atoms with Gasteiger partial charge in [0.05, 0.1) is 10.6 Å². The number of aromatic nitrogens is 5. The minimum Gasteiger partial charge on any atom is -0.460 e. The summed E-state index contributed by atoms with van der Waals surface area (Å²) >= 11 is 1.49. The van der Waals surface area contributed by atoms with Crippen LogP contribution >= 0.6 is 11.3 Å². The van der Waals surface area contributed by atoms with Gasteiger partial charge in [-0.25, -0.2) is 19.9 Å². The molecule has 1 atom stereocenters. The first-order valence-corrected chi connectivity index (χ1v) is 10.9. The predicted molar refractivity (Wildman–Crippen MR) is 118 cm³/mol. The third-order valence-electron chi connectivity index (χ3n) is 5.01. The molecule has 0 amide bonds. The molecule has 0 spiro atoms. The molecule has 9 heteroatoms. The van der Waals surface area contributed by atoms with Crippen LogP contribution in [0.3, 0.4) is 0 Å². The van der Waals surface area contributed by atoms with Gasteiger partial charge in [-0.2, -0.15) is 4.98 Å². The molecule has 3 aromatic heterocycles. The van der Waals surface area contributed by atoms with Crippen molar-refractivity contribution in [1.29, 1.82) is 0 Å². The van der Waals surface area contributed by atoms with Crippen LogP contribution in [0.1, 0.15) is 38.7 Å². The number of rotatable bonds is 7. The molecule has 1 N–H and O–H groups in total. The molecule has 1 fully saturated rings. The molecule has 0 unspecified atom stereocenters. The van der Waals surface area contributed by atoms with Gasteiger partial charge >= 0.3 is 6.01 Å². The number of nitrogens with one attached hydrogen (secondary N) is 1. The lowest BCUT2D eigenvalue weighted by atomic mass is 9.92. The number of hydrogen-bond acceptors (Lipinski definition) is 9. The molecule has 1 aliphatic rings. The number of anilines is 2. The van der Waals surface area contributed by atoms with Gasteiger partial charge in [0.25, 0.3) is 0 Å². The van der Waals surface area contributed by atoms with Crippen molar-refractivity contribution < 1.29 is 4.74 Å². The van der Waals surface area contributed by atoms with Crippen LogP contribution in [-0.4, -0.2) is 50.0 Å². The summed E-state index contributed by atoms with van der Waals surface area (Å²) in [6, 6.07) is 2.30. The second-order valence-corrected chi connectivity index (χ2v) is 9.71. The Balaban J connectivity index is 1.41. The minimum atomic E-state index is 0.182. The maximum atomic E-state index is 6.04. The number of thiazole rings is 1. The Bertz CT molecular complexity index is 987. The molecule has 0 bridgehead atoms. The van der Waals surface area contributed by atoms with E-state index in [1.54, 1.807) is 12.4 Å². The van der Waals surface area contributed by atoms with E-state index in [1.165, 1.54) is 17.8 Å². The maximum absolute atomic E-state index is 6.04. The van der Waals surface area contributed by atoms with Crippen molar-refractivity contribution in [1.82, 2.24) is 29.8 Å². The average molecular weight is 426 g/mol. The highest BCUT2D eigenvalue weighted by molar-refractivity contribution is 7.18. The van der Waals surface area contributed by atoms with E-state index in [4.69, 9.17) is 4.74 Å². The van der Waals surface area contributed by atoms with E-state index in [-0.39, 0.29) is 6.10 Å². The molecule has 4 rings (SSSR count). The van der Waals surface area contributed by atoms with E-state index in [0.717, 1.165) is 35.5 Å². The second-order valence-electron chi connectivity index (χ2n) is 8.68. The fourth-order valence-corrected chi connectivity index (χ4v) is 4.35. The summed E-state index contributed by atoms with van der Waals surface area (Å²) in [6.45, 7) is 5.36. The zero-order chi connectivity index (χ0) is 21.1. The fourth-order valence-electron chi connectivity index (χ4n) is 3.57. The quantitative estimate of drug-likeness (QED) is 0.604. The highest BCUT2D eigenvalue weighted by Crippen LogP contribution is 2.38. The first kappa shape index (κ1) is 20.6. The third-order valence-corrected chi connectivity index (χ3v) is 5.95. The molecular weight excluding hydrogens is 398 g/mol. The van der Waals surface area contributed by atoms with Crippen molar-refractivity contribution in [2.45, 2.75) is 45.8 Å². The average Bonchev–Trinajstić information content (AvgIpc) is 3.29. The highest BCUT2D eigenvalue weighted by Gasteiger charge is 2.32. The van der Waals surface area contributed by atoms with Crippen LogP contribution in [0, 0.1) is 5.41 Å². The Hall–Kier alpha value is -2.65. The smallest absolute Gasteiger partial charge is 0.317 e. The molecule has 158 valence electrons. The third kappa shape index (κ3) is 5.28. The van der Waals surface area contributed by atoms with Gasteiger partial charge in [0.2, 0.25) is 5.95 Å². The van der Waals surface area contributed by atoms with E-state index in [9.17, 15) is 0 Å². The summed E-state index contributed by atoms with van der Waals surface area (Å²) in [4.78, 5) is 25.0. The molecular formula is C21H27N7OS. The fraction of sp³-hybridized carbons (Fsp3) is 0.476. The Morgan fingerprint density at radius 3 is 2.67 bits per heavy atom. The van der Waals surface area contributed by atoms with E-state index < -0.39 is 0 Å². The molecule has 0 radical (unpaired) electrons. The summed E-state index contributed by atoms with van der Waals surface area (Å²) in [6.07, 6.45) is 10.6. The van der Waals surface area contributed by atoms with Crippen LogP contribution in [-0.2, 0) is 6.54 Å². The van der Waals surface area contributed by atoms with Gasteiger partial charge in [-0.05, 0) is 44.8 Å². The van der Waals surface area contributed by atoms with Crippen molar-refractivity contribution in [2.24, 2.45) is 5.41 Å². The van der Waals surface area contributed by atoms with Gasteiger partial charge in [0.1, 0.15) is 6.10 Å². The van der Waals surface area contributed by atoms with Crippen molar-refractivity contribution in [3.8, 4) is 16.6 Å². The summed E-state index contributed by atoms with van der Waals surface area (Å²) in [5.74, 6) is 0.522. The van der Waals surface area contributed by atoms with Gasteiger partial charge in [-0.3, -0.25) is 0 Å². The van der Waals surface area contributed by atoms with Crippen LogP contribution in [0.2, 0.25) is 0 Å². The standard InChI is InChI=1S/C21H27N7OS/c1-21(2)7-5-15(9-21)29-19-22-8-6-16(26-19)17-12-25-20(30-17)27-18-23-10-14(11-24-18)13-28(3)4/h6,8,10-12,15H,5,7,9,13H2,1-4H3,(H,23,24,25,27)/t15-/m0/s1. The second kappa shape index (κ2) is 8.61. The van der Waals surface area contributed by atoms with Crippen molar-refractivity contribution in [2.75, 3.05) is 19.4 Å². The Kier molecular flexibility index (Phi) is 5.92. The molecule has 1 aliphatic carbocycles. The lowest BCUT2D eigenvalue weighted by molar-refractivity contribution is 0.177. The molecule has 0 aliphatic heterocycles. The van der Waals surface area contributed by atoms with E-state index in [0.29, 0.717) is 22.5 Å². The summed E-state index contributed by atoms with van der Waals surface area (Å²) in [7, 11) is 4.03. The molecule has 8 nitrogen and oxygen atoms in total. The van der Waals surface area contributed by atoms with Crippen LogP contribution in [0.25, 0.3) is 10.6 Å². The molecule has 30 heavy (non-hydrogen) atoms. The summed E-state index contributed by atoms with van der Waals surface area (Å²) < 4.78 is 6.04. The van der Waals surface area contributed by atoms with Crippen LogP contribution in [0.5, 0.6) is 6.01 Å².